The van der Waals surface area contributed by atoms with Gasteiger partial charge < -0.3 is 20.7 Å². The second-order valence-corrected chi connectivity index (χ2v) is 6.10. The van der Waals surface area contributed by atoms with Crippen LogP contribution in [0, 0.1) is 0 Å². The molecular weight excluding hydrogens is 320 g/mol. The quantitative estimate of drug-likeness (QED) is 0.624. The number of methoxy groups -OCH3 is 1. The van der Waals surface area contributed by atoms with Gasteiger partial charge in [-0.15, -0.1) is 0 Å². The highest BCUT2D eigenvalue weighted by Crippen LogP contribution is 2.25. The van der Waals surface area contributed by atoms with E-state index in [0.29, 0.717) is 19.1 Å². The molecule has 2 aromatic rings. The Morgan fingerprint density at radius 2 is 2.16 bits per heavy atom. The van der Waals surface area contributed by atoms with Gasteiger partial charge >= 0.3 is 0 Å². The molecule has 1 aliphatic rings. The molecule has 2 aromatic heterocycles. The van der Waals surface area contributed by atoms with Crippen molar-refractivity contribution in [3.05, 3.63) is 23.4 Å². The largest absolute Gasteiger partial charge is 0.383 e. The monoisotopic (exact) mass is 346 g/mol. The molecule has 136 valence electrons. The molecule has 0 fully saturated rings. The summed E-state index contributed by atoms with van der Waals surface area (Å²) >= 11 is 0. The van der Waals surface area contributed by atoms with E-state index in [1.54, 1.807) is 18.1 Å². The molecule has 3 heterocycles. The third kappa shape index (κ3) is 4.23. The molecule has 0 amide bonds. The van der Waals surface area contributed by atoms with Gasteiger partial charge in [0.25, 0.3) is 0 Å². The van der Waals surface area contributed by atoms with Crippen molar-refractivity contribution in [2.75, 3.05) is 44.0 Å². The van der Waals surface area contributed by atoms with Gasteiger partial charge in [-0.05, 0) is 19.9 Å². The van der Waals surface area contributed by atoms with Gasteiger partial charge in [-0.3, -0.25) is 4.68 Å². The highest BCUT2D eigenvalue weighted by molar-refractivity contribution is 5.52. The molecule has 0 spiro atoms. The van der Waals surface area contributed by atoms with Crippen LogP contribution in [-0.2, 0) is 24.6 Å². The Labute approximate surface area is 147 Å². The molecule has 0 unspecified atom stereocenters. The summed E-state index contributed by atoms with van der Waals surface area (Å²) in [6, 6.07) is -0.00506. The molecule has 0 radical (unpaired) electrons. The minimum atomic E-state index is -0.00506. The van der Waals surface area contributed by atoms with Gasteiger partial charge in [-0.2, -0.15) is 10.1 Å². The van der Waals surface area contributed by atoms with Crippen LogP contribution < -0.4 is 16.0 Å². The van der Waals surface area contributed by atoms with Gasteiger partial charge in [-0.1, -0.05) is 0 Å². The van der Waals surface area contributed by atoms with Crippen molar-refractivity contribution in [3.63, 3.8) is 0 Å². The maximum atomic E-state index is 5.09. The van der Waals surface area contributed by atoms with Crippen LogP contribution in [0.15, 0.2) is 6.33 Å². The van der Waals surface area contributed by atoms with Crippen molar-refractivity contribution in [2.45, 2.75) is 25.8 Å². The highest BCUT2D eigenvalue weighted by atomic mass is 16.5. The third-order valence-electron chi connectivity index (χ3n) is 4.26. The van der Waals surface area contributed by atoms with Crippen LogP contribution in [0.4, 0.5) is 11.8 Å². The molecular formula is C16H26N8O. The second-order valence-electron chi connectivity index (χ2n) is 6.10. The number of ether oxygens (including phenoxy) is 1. The first-order valence-corrected chi connectivity index (χ1v) is 8.62. The lowest BCUT2D eigenvalue weighted by atomic mass is 10.1. The van der Waals surface area contributed by atoms with E-state index < -0.39 is 0 Å². The number of hydrogen-bond acceptors (Lipinski definition) is 8. The maximum Gasteiger partial charge on any atom is 0.224 e. The summed E-state index contributed by atoms with van der Waals surface area (Å²) in [5.41, 5.74) is 2.27. The van der Waals surface area contributed by atoms with Crippen molar-refractivity contribution in [3.8, 4) is 0 Å². The number of anilines is 2. The predicted octanol–water partition coefficient (Wildman–Crippen LogP) is 0.525. The van der Waals surface area contributed by atoms with Crippen LogP contribution in [-0.4, -0.2) is 58.1 Å². The normalized spacial score (nSPS) is 15.3. The first kappa shape index (κ1) is 17.6. The fraction of sp³-hybridized carbons (Fsp3) is 0.625. The lowest BCUT2D eigenvalue weighted by Gasteiger charge is -2.19. The summed E-state index contributed by atoms with van der Waals surface area (Å²) in [7, 11) is 3.57. The fourth-order valence-electron chi connectivity index (χ4n) is 2.98. The lowest BCUT2D eigenvalue weighted by molar-refractivity contribution is 0.210. The van der Waals surface area contributed by atoms with Gasteiger partial charge in [0.15, 0.2) is 0 Å². The SMILES string of the molecule is COCCNc1nc2c(c(N[C@H](C)c3ncnn3C)n1)CCNCC2. The fourth-order valence-corrected chi connectivity index (χ4v) is 2.98. The molecule has 0 bridgehead atoms. The zero-order chi connectivity index (χ0) is 17.6. The van der Waals surface area contributed by atoms with E-state index in [2.05, 4.69) is 33.0 Å². The molecule has 25 heavy (non-hydrogen) atoms. The first-order valence-electron chi connectivity index (χ1n) is 8.62. The Morgan fingerprint density at radius 1 is 1.32 bits per heavy atom. The Bertz CT molecular complexity index is 701. The number of fused-ring (bicyclic) bond motifs is 1. The number of hydrogen-bond donors (Lipinski definition) is 3. The predicted molar refractivity (Wildman–Crippen MR) is 95.7 cm³/mol. The second kappa shape index (κ2) is 8.21. The Balaban J connectivity index is 1.87. The van der Waals surface area contributed by atoms with Crippen molar-refractivity contribution < 1.29 is 4.74 Å². The van der Waals surface area contributed by atoms with E-state index >= 15 is 0 Å². The molecule has 1 aliphatic heterocycles. The van der Waals surface area contributed by atoms with Crippen LogP contribution in [0.3, 0.4) is 0 Å². The number of nitrogens with zero attached hydrogens (tertiary/aromatic N) is 5. The molecule has 3 N–H and O–H groups in total. The summed E-state index contributed by atoms with van der Waals surface area (Å²) in [6.45, 7) is 5.21. The zero-order valence-electron chi connectivity index (χ0n) is 15.0. The van der Waals surface area contributed by atoms with Crippen LogP contribution in [0.5, 0.6) is 0 Å². The maximum absolute atomic E-state index is 5.09. The average molecular weight is 346 g/mol. The zero-order valence-corrected chi connectivity index (χ0v) is 15.0. The number of aromatic nitrogens is 5. The van der Waals surface area contributed by atoms with E-state index in [-0.39, 0.29) is 6.04 Å². The summed E-state index contributed by atoms with van der Waals surface area (Å²) < 4.78 is 6.87. The number of aryl methyl sites for hydroxylation is 1. The molecule has 3 rings (SSSR count). The standard InChI is InChI=1S/C16H26N8O/c1-11(15-19-10-20-24(15)2)21-14-12-4-6-17-7-5-13(12)22-16(23-14)18-8-9-25-3/h10-11,17H,4-9H2,1-3H3,(H2,18,21,22,23)/t11-/m1/s1. The van der Waals surface area contributed by atoms with Crippen molar-refractivity contribution in [1.29, 1.82) is 0 Å². The van der Waals surface area contributed by atoms with Crippen LogP contribution in [0.2, 0.25) is 0 Å². The minimum Gasteiger partial charge on any atom is -0.383 e. The molecule has 0 aromatic carbocycles. The van der Waals surface area contributed by atoms with E-state index in [1.807, 2.05) is 7.05 Å². The molecule has 9 heteroatoms. The average Bonchev–Trinajstić information content (AvgIpc) is 2.88. The van der Waals surface area contributed by atoms with Gasteiger partial charge in [-0.25, -0.2) is 9.97 Å². The van der Waals surface area contributed by atoms with Gasteiger partial charge in [0.1, 0.15) is 18.0 Å². The van der Waals surface area contributed by atoms with Gasteiger partial charge in [0, 0.05) is 39.2 Å². The highest BCUT2D eigenvalue weighted by Gasteiger charge is 2.19. The van der Waals surface area contributed by atoms with E-state index in [9.17, 15) is 0 Å². The van der Waals surface area contributed by atoms with Crippen molar-refractivity contribution in [1.82, 2.24) is 30.0 Å². The minimum absolute atomic E-state index is 0.00506. The molecule has 0 saturated heterocycles. The summed E-state index contributed by atoms with van der Waals surface area (Å²) in [5.74, 6) is 2.36. The third-order valence-corrected chi connectivity index (χ3v) is 4.26. The summed E-state index contributed by atoms with van der Waals surface area (Å²) in [4.78, 5) is 13.7. The molecule has 0 saturated carbocycles. The number of nitrogens with one attached hydrogen (secondary N) is 3. The Morgan fingerprint density at radius 3 is 2.92 bits per heavy atom. The van der Waals surface area contributed by atoms with Crippen molar-refractivity contribution >= 4 is 11.8 Å². The Hall–Kier alpha value is -2.26. The van der Waals surface area contributed by atoms with Crippen LogP contribution in [0.25, 0.3) is 0 Å². The molecule has 9 nitrogen and oxygen atoms in total. The van der Waals surface area contributed by atoms with Crippen LogP contribution in [0.1, 0.15) is 30.0 Å². The summed E-state index contributed by atoms with van der Waals surface area (Å²) in [5, 5.41) is 14.3. The topological polar surface area (TPSA) is 102 Å². The van der Waals surface area contributed by atoms with Crippen LogP contribution >= 0.6 is 0 Å². The lowest BCUT2D eigenvalue weighted by Crippen LogP contribution is -2.18. The van der Waals surface area contributed by atoms with E-state index in [4.69, 9.17) is 14.7 Å². The molecule has 1 atom stereocenters. The number of rotatable bonds is 7. The Kier molecular flexibility index (Phi) is 5.77. The van der Waals surface area contributed by atoms with E-state index in [1.165, 1.54) is 5.56 Å². The van der Waals surface area contributed by atoms with Gasteiger partial charge in [0.2, 0.25) is 5.95 Å². The van der Waals surface area contributed by atoms with Crippen molar-refractivity contribution in [2.24, 2.45) is 7.05 Å². The first-order chi connectivity index (χ1) is 12.2. The van der Waals surface area contributed by atoms with E-state index in [0.717, 1.165) is 43.3 Å². The molecule has 0 aliphatic carbocycles. The summed E-state index contributed by atoms with van der Waals surface area (Å²) in [6.07, 6.45) is 3.36. The van der Waals surface area contributed by atoms with Gasteiger partial charge in [0.05, 0.1) is 18.3 Å². The smallest absolute Gasteiger partial charge is 0.224 e.